The van der Waals surface area contributed by atoms with Gasteiger partial charge in [0.2, 0.25) is 0 Å². The summed E-state index contributed by atoms with van der Waals surface area (Å²) in [4.78, 5) is 22.1. The molecule has 0 unspecified atom stereocenters. The molecule has 0 N–H and O–H groups in total. The van der Waals surface area contributed by atoms with Gasteiger partial charge in [0.25, 0.3) is 0 Å². The Bertz CT molecular complexity index is 459. The number of methoxy groups -OCH3 is 1. The number of benzene rings is 1. The molecular weight excluding hydrogens is 342 g/mol. The molecule has 0 amide bonds. The molecule has 0 spiro atoms. The lowest BCUT2D eigenvalue weighted by Gasteiger charge is -2.09. The summed E-state index contributed by atoms with van der Waals surface area (Å²) in [6.07, 6.45) is 0. The van der Waals surface area contributed by atoms with E-state index in [2.05, 4.69) is 4.74 Å². The van der Waals surface area contributed by atoms with Crippen molar-refractivity contribution in [1.29, 1.82) is 0 Å². The molecule has 6 heteroatoms. The van der Waals surface area contributed by atoms with Crippen LogP contribution in [0.5, 0.6) is 0 Å². The van der Waals surface area contributed by atoms with Gasteiger partial charge in [-0.15, -0.1) is 0 Å². The smallest absolute Gasteiger partial charge is 0.338 e. The van der Waals surface area contributed by atoms with Gasteiger partial charge in [0.1, 0.15) is 12.4 Å². The summed E-state index contributed by atoms with van der Waals surface area (Å²) in [5, 5.41) is 0. The number of hydrogen-bond donors (Lipinski definition) is 0. The van der Waals surface area contributed by atoms with Crippen molar-refractivity contribution in [3.05, 3.63) is 32.6 Å². The quantitative estimate of drug-likeness (QED) is 0.619. The van der Waals surface area contributed by atoms with Crippen LogP contribution in [0.1, 0.15) is 22.8 Å². The summed E-state index contributed by atoms with van der Waals surface area (Å²) < 4.78 is 23.0. The van der Waals surface area contributed by atoms with Crippen molar-refractivity contribution in [1.82, 2.24) is 0 Å². The van der Waals surface area contributed by atoms with Crippen LogP contribution in [0.2, 0.25) is 0 Å². The molecule has 17 heavy (non-hydrogen) atoms. The number of esters is 2. The normalized spacial score (nSPS) is 9.88. The molecule has 1 aromatic rings. The van der Waals surface area contributed by atoms with Crippen molar-refractivity contribution in [3.63, 3.8) is 0 Å². The summed E-state index contributed by atoms with van der Waals surface area (Å²) in [7, 11) is 1.23. The van der Waals surface area contributed by atoms with Crippen LogP contribution in [0.3, 0.4) is 0 Å². The molecular formula is C11H10FIO4. The molecule has 0 aromatic heterocycles. The molecule has 0 aliphatic carbocycles. The second-order valence-electron chi connectivity index (χ2n) is 3.20. The number of ether oxygens (including phenoxy) is 2. The second-order valence-corrected chi connectivity index (χ2v) is 4.36. The molecule has 0 saturated carbocycles. The summed E-state index contributed by atoms with van der Waals surface area (Å²) >= 11 is 1.77. The van der Waals surface area contributed by atoms with Gasteiger partial charge in [-0.1, -0.05) is 0 Å². The summed E-state index contributed by atoms with van der Waals surface area (Å²) in [5.74, 6) is -1.56. The molecule has 1 aromatic carbocycles. The summed E-state index contributed by atoms with van der Waals surface area (Å²) in [5.41, 5.74) is 0.476. The Balaban J connectivity index is 3.11. The predicted octanol–water partition coefficient (Wildman–Crippen LogP) is 2.28. The number of hydrogen-bond acceptors (Lipinski definition) is 4. The van der Waals surface area contributed by atoms with Crippen LogP contribution in [0.25, 0.3) is 0 Å². The summed E-state index contributed by atoms with van der Waals surface area (Å²) in [6, 6.07) is 2.53. The first-order valence-electron chi connectivity index (χ1n) is 4.65. The maximum absolute atomic E-state index is 13.4. The maximum atomic E-state index is 13.4. The zero-order valence-electron chi connectivity index (χ0n) is 9.25. The number of rotatable bonds is 3. The molecule has 0 aliphatic heterocycles. The number of halogens is 2. The minimum absolute atomic E-state index is 0.159. The van der Waals surface area contributed by atoms with Gasteiger partial charge in [-0.05, 0) is 34.7 Å². The Hall–Kier alpha value is -1.18. The topological polar surface area (TPSA) is 52.6 Å². The fourth-order valence-electron chi connectivity index (χ4n) is 1.19. The Labute approximate surface area is 111 Å². The highest BCUT2D eigenvalue weighted by Crippen LogP contribution is 2.19. The Morgan fingerprint density at radius 2 is 2.06 bits per heavy atom. The van der Waals surface area contributed by atoms with Gasteiger partial charge < -0.3 is 9.47 Å². The van der Waals surface area contributed by atoms with Gasteiger partial charge in [-0.3, -0.25) is 4.79 Å². The molecule has 0 saturated heterocycles. The van der Waals surface area contributed by atoms with Crippen LogP contribution in [-0.4, -0.2) is 19.0 Å². The number of carbonyl (C=O) groups is 2. The van der Waals surface area contributed by atoms with Gasteiger partial charge >= 0.3 is 11.9 Å². The first kappa shape index (κ1) is 13.9. The fraction of sp³-hybridized carbons (Fsp3) is 0.273. The lowest BCUT2D eigenvalue weighted by Crippen LogP contribution is -2.09. The first-order valence-corrected chi connectivity index (χ1v) is 5.73. The second kappa shape index (κ2) is 5.95. The standard InChI is InChI=1S/C11H10FIO4/c1-6(14)17-5-7-3-9(12)10(13)4-8(7)11(15)16-2/h3-4H,5H2,1-2H3. The van der Waals surface area contributed by atoms with Gasteiger partial charge in [0.05, 0.1) is 12.7 Å². The largest absolute Gasteiger partial charge is 0.465 e. The van der Waals surface area contributed by atoms with Crippen molar-refractivity contribution < 1.29 is 23.5 Å². The third-order valence-corrected chi connectivity index (χ3v) is 2.81. The third kappa shape index (κ3) is 3.65. The molecule has 1 rings (SSSR count). The zero-order chi connectivity index (χ0) is 13.0. The van der Waals surface area contributed by atoms with Gasteiger partial charge in [-0.2, -0.15) is 0 Å². The SMILES string of the molecule is COC(=O)c1cc(I)c(F)cc1COC(C)=O. The highest BCUT2D eigenvalue weighted by atomic mass is 127. The third-order valence-electron chi connectivity index (χ3n) is 1.98. The van der Waals surface area contributed by atoms with E-state index in [9.17, 15) is 14.0 Å². The Kier molecular flexibility index (Phi) is 4.86. The van der Waals surface area contributed by atoms with E-state index in [0.29, 0.717) is 3.57 Å². The van der Waals surface area contributed by atoms with E-state index in [1.54, 1.807) is 22.6 Å². The minimum atomic E-state index is -0.593. The maximum Gasteiger partial charge on any atom is 0.338 e. The van der Waals surface area contributed by atoms with Crippen LogP contribution in [-0.2, 0) is 20.9 Å². The number of carbonyl (C=O) groups excluding carboxylic acids is 2. The molecule has 0 aliphatic rings. The molecule has 0 fully saturated rings. The highest BCUT2D eigenvalue weighted by Gasteiger charge is 2.16. The van der Waals surface area contributed by atoms with Crippen molar-refractivity contribution >= 4 is 34.5 Å². The first-order chi connectivity index (χ1) is 7.95. The fourth-order valence-corrected chi connectivity index (χ4v) is 1.65. The van der Waals surface area contributed by atoms with E-state index < -0.39 is 17.8 Å². The summed E-state index contributed by atoms with van der Waals surface area (Å²) in [6.45, 7) is 1.08. The Morgan fingerprint density at radius 1 is 1.41 bits per heavy atom. The lowest BCUT2D eigenvalue weighted by atomic mass is 10.1. The minimum Gasteiger partial charge on any atom is -0.465 e. The average molecular weight is 352 g/mol. The van der Waals surface area contributed by atoms with Crippen LogP contribution in [0, 0.1) is 9.39 Å². The van der Waals surface area contributed by atoms with Gasteiger partial charge in [0.15, 0.2) is 0 Å². The van der Waals surface area contributed by atoms with Crippen molar-refractivity contribution in [2.75, 3.05) is 7.11 Å². The zero-order valence-corrected chi connectivity index (χ0v) is 11.4. The van der Waals surface area contributed by atoms with Crippen molar-refractivity contribution in [2.24, 2.45) is 0 Å². The van der Waals surface area contributed by atoms with E-state index in [1.165, 1.54) is 20.1 Å². The van der Waals surface area contributed by atoms with Crippen LogP contribution >= 0.6 is 22.6 Å². The monoisotopic (exact) mass is 352 g/mol. The van der Waals surface area contributed by atoms with Gasteiger partial charge in [0, 0.05) is 16.1 Å². The molecule has 92 valence electrons. The molecule has 0 bridgehead atoms. The highest BCUT2D eigenvalue weighted by molar-refractivity contribution is 14.1. The molecule has 0 radical (unpaired) electrons. The lowest BCUT2D eigenvalue weighted by molar-refractivity contribution is -0.142. The molecule has 4 nitrogen and oxygen atoms in total. The van der Waals surface area contributed by atoms with Crippen molar-refractivity contribution in [3.8, 4) is 0 Å². The Morgan fingerprint density at radius 3 is 2.59 bits per heavy atom. The van der Waals surface area contributed by atoms with Crippen LogP contribution in [0.15, 0.2) is 12.1 Å². The van der Waals surface area contributed by atoms with Crippen molar-refractivity contribution in [2.45, 2.75) is 13.5 Å². The van der Waals surface area contributed by atoms with E-state index in [0.717, 1.165) is 6.07 Å². The molecule has 0 atom stereocenters. The average Bonchev–Trinajstić information content (AvgIpc) is 2.29. The van der Waals surface area contributed by atoms with E-state index in [1.807, 2.05) is 0 Å². The van der Waals surface area contributed by atoms with E-state index in [4.69, 9.17) is 4.74 Å². The van der Waals surface area contributed by atoms with Crippen LogP contribution < -0.4 is 0 Å². The van der Waals surface area contributed by atoms with E-state index in [-0.39, 0.29) is 17.7 Å². The van der Waals surface area contributed by atoms with Gasteiger partial charge in [-0.25, -0.2) is 9.18 Å². The predicted molar refractivity (Wildman–Crippen MR) is 65.9 cm³/mol. The van der Waals surface area contributed by atoms with Crippen LogP contribution in [0.4, 0.5) is 4.39 Å². The molecule has 0 heterocycles. The van der Waals surface area contributed by atoms with E-state index >= 15 is 0 Å².